The molecule has 2 amide bonds. The van der Waals surface area contributed by atoms with E-state index in [0.29, 0.717) is 17.3 Å². The quantitative estimate of drug-likeness (QED) is 0.850. The number of rotatable bonds is 6. The molecule has 0 heterocycles. The van der Waals surface area contributed by atoms with Crippen LogP contribution in [0.4, 0.5) is 11.4 Å². The number of anilines is 2. The van der Waals surface area contributed by atoms with Gasteiger partial charge in [0.1, 0.15) is 0 Å². The number of hydrogen-bond donors (Lipinski definition) is 1. The first-order valence-electron chi connectivity index (χ1n) is 7.93. The van der Waals surface area contributed by atoms with E-state index in [-0.39, 0.29) is 18.2 Å². The van der Waals surface area contributed by atoms with Crippen LogP contribution in [-0.2, 0) is 16.0 Å². The van der Waals surface area contributed by atoms with Crippen molar-refractivity contribution in [3.63, 3.8) is 0 Å². The smallest absolute Gasteiger partial charge is 0.226 e. The molecule has 0 radical (unpaired) electrons. The fourth-order valence-corrected chi connectivity index (χ4v) is 2.69. The summed E-state index contributed by atoms with van der Waals surface area (Å²) < 4.78 is 0. The molecule has 0 unspecified atom stereocenters. The Balaban J connectivity index is 2.05. The molecule has 0 saturated carbocycles. The number of hydrogen-bond acceptors (Lipinski definition) is 2. The molecule has 0 aliphatic heterocycles. The SMILES string of the molecule is CCc1ccccc1N(CCC(=O)Nc1ccccc1Cl)C(C)=O. The second kappa shape index (κ2) is 8.50. The lowest BCUT2D eigenvalue weighted by molar-refractivity contribution is -0.117. The van der Waals surface area contributed by atoms with Crippen molar-refractivity contribution < 1.29 is 9.59 Å². The zero-order valence-electron chi connectivity index (χ0n) is 13.9. The summed E-state index contributed by atoms with van der Waals surface area (Å²) in [6.45, 7) is 3.88. The molecular weight excluding hydrogens is 324 g/mol. The van der Waals surface area contributed by atoms with Crippen LogP contribution >= 0.6 is 11.6 Å². The molecule has 0 saturated heterocycles. The van der Waals surface area contributed by atoms with E-state index in [1.165, 1.54) is 6.92 Å². The van der Waals surface area contributed by atoms with Crippen molar-refractivity contribution in [3.8, 4) is 0 Å². The topological polar surface area (TPSA) is 49.4 Å². The van der Waals surface area contributed by atoms with Crippen LogP contribution in [0.5, 0.6) is 0 Å². The minimum absolute atomic E-state index is 0.0820. The van der Waals surface area contributed by atoms with Gasteiger partial charge in [-0.2, -0.15) is 0 Å². The molecule has 0 fully saturated rings. The molecule has 4 nitrogen and oxygen atoms in total. The predicted octanol–water partition coefficient (Wildman–Crippen LogP) is 4.28. The fraction of sp³-hybridized carbons (Fsp3) is 0.263. The summed E-state index contributed by atoms with van der Waals surface area (Å²) in [5.74, 6) is -0.259. The lowest BCUT2D eigenvalue weighted by Crippen LogP contribution is -2.32. The summed E-state index contributed by atoms with van der Waals surface area (Å²) in [4.78, 5) is 25.8. The van der Waals surface area contributed by atoms with Crippen LogP contribution in [0.15, 0.2) is 48.5 Å². The van der Waals surface area contributed by atoms with Crippen molar-refractivity contribution in [1.82, 2.24) is 0 Å². The number of nitrogens with one attached hydrogen (secondary N) is 1. The third-order valence-electron chi connectivity index (χ3n) is 3.75. The monoisotopic (exact) mass is 344 g/mol. The Morgan fingerprint density at radius 3 is 2.42 bits per heavy atom. The molecule has 0 aliphatic rings. The molecule has 0 aliphatic carbocycles. The van der Waals surface area contributed by atoms with E-state index in [1.54, 1.807) is 29.2 Å². The molecule has 0 bridgehead atoms. The van der Waals surface area contributed by atoms with Gasteiger partial charge in [-0.05, 0) is 30.2 Å². The lowest BCUT2D eigenvalue weighted by Gasteiger charge is -2.23. The van der Waals surface area contributed by atoms with Gasteiger partial charge in [0.05, 0.1) is 10.7 Å². The van der Waals surface area contributed by atoms with E-state index in [0.717, 1.165) is 17.7 Å². The molecule has 126 valence electrons. The highest BCUT2D eigenvalue weighted by molar-refractivity contribution is 6.33. The van der Waals surface area contributed by atoms with E-state index in [1.807, 2.05) is 31.2 Å². The highest BCUT2D eigenvalue weighted by Crippen LogP contribution is 2.23. The third-order valence-corrected chi connectivity index (χ3v) is 4.08. The first kappa shape index (κ1) is 18.0. The number of halogens is 1. The van der Waals surface area contributed by atoms with Crippen LogP contribution in [-0.4, -0.2) is 18.4 Å². The first-order chi connectivity index (χ1) is 11.5. The van der Waals surface area contributed by atoms with Crippen LogP contribution in [0.1, 0.15) is 25.8 Å². The van der Waals surface area contributed by atoms with Gasteiger partial charge < -0.3 is 10.2 Å². The van der Waals surface area contributed by atoms with Crippen LogP contribution in [0.2, 0.25) is 5.02 Å². The molecule has 2 aromatic rings. The zero-order chi connectivity index (χ0) is 17.5. The minimum Gasteiger partial charge on any atom is -0.325 e. The second-order valence-corrected chi connectivity index (χ2v) is 5.84. The largest absolute Gasteiger partial charge is 0.325 e. The van der Waals surface area contributed by atoms with Gasteiger partial charge in [-0.25, -0.2) is 0 Å². The van der Waals surface area contributed by atoms with Gasteiger partial charge in [-0.3, -0.25) is 9.59 Å². The van der Waals surface area contributed by atoms with Gasteiger partial charge in [0.25, 0.3) is 0 Å². The normalized spacial score (nSPS) is 10.3. The van der Waals surface area contributed by atoms with Crippen LogP contribution < -0.4 is 10.2 Å². The van der Waals surface area contributed by atoms with Crippen LogP contribution in [0.3, 0.4) is 0 Å². The van der Waals surface area contributed by atoms with Gasteiger partial charge >= 0.3 is 0 Å². The number of benzene rings is 2. The second-order valence-electron chi connectivity index (χ2n) is 5.43. The van der Waals surface area contributed by atoms with Crippen molar-refractivity contribution in [2.24, 2.45) is 0 Å². The Labute approximate surface area is 147 Å². The Bertz CT molecular complexity index is 731. The molecule has 2 rings (SSSR count). The molecule has 0 spiro atoms. The third kappa shape index (κ3) is 4.59. The van der Waals surface area contributed by atoms with E-state index in [4.69, 9.17) is 11.6 Å². The maximum atomic E-state index is 12.2. The maximum Gasteiger partial charge on any atom is 0.226 e. The van der Waals surface area contributed by atoms with Gasteiger partial charge in [-0.15, -0.1) is 0 Å². The summed E-state index contributed by atoms with van der Waals surface area (Å²) in [7, 11) is 0. The minimum atomic E-state index is -0.177. The molecule has 5 heteroatoms. The Morgan fingerprint density at radius 2 is 1.75 bits per heavy atom. The number of para-hydroxylation sites is 2. The molecule has 0 atom stereocenters. The van der Waals surface area contributed by atoms with Crippen LogP contribution in [0, 0.1) is 0 Å². The number of amides is 2. The number of carbonyl (C=O) groups excluding carboxylic acids is 2. The predicted molar refractivity (Wildman–Crippen MR) is 98.5 cm³/mol. The highest BCUT2D eigenvalue weighted by Gasteiger charge is 2.16. The Hall–Kier alpha value is -2.33. The zero-order valence-corrected chi connectivity index (χ0v) is 14.6. The number of carbonyl (C=O) groups is 2. The summed E-state index contributed by atoms with van der Waals surface area (Å²) in [6.07, 6.45) is 1.02. The van der Waals surface area contributed by atoms with Crippen molar-refractivity contribution in [1.29, 1.82) is 0 Å². The standard InChI is InChI=1S/C19H21ClN2O2/c1-3-15-8-4-7-11-18(15)22(14(2)23)13-12-19(24)21-17-10-6-5-9-16(17)20/h4-11H,3,12-13H2,1-2H3,(H,21,24). The summed E-state index contributed by atoms with van der Waals surface area (Å²) >= 11 is 6.04. The average molecular weight is 345 g/mol. The molecule has 1 N–H and O–H groups in total. The van der Waals surface area contributed by atoms with Crippen molar-refractivity contribution >= 4 is 34.8 Å². The van der Waals surface area contributed by atoms with Gasteiger partial charge in [0.15, 0.2) is 0 Å². The Kier molecular flexibility index (Phi) is 6.38. The fourth-order valence-electron chi connectivity index (χ4n) is 2.51. The van der Waals surface area contributed by atoms with E-state index in [2.05, 4.69) is 5.32 Å². The average Bonchev–Trinajstić information content (AvgIpc) is 2.57. The first-order valence-corrected chi connectivity index (χ1v) is 8.31. The van der Waals surface area contributed by atoms with E-state index < -0.39 is 0 Å². The number of aryl methyl sites for hydroxylation is 1. The summed E-state index contributed by atoms with van der Waals surface area (Å²) in [6, 6.07) is 14.8. The van der Waals surface area contributed by atoms with Gasteiger partial charge in [0.2, 0.25) is 11.8 Å². The van der Waals surface area contributed by atoms with Gasteiger partial charge in [-0.1, -0.05) is 48.9 Å². The summed E-state index contributed by atoms with van der Waals surface area (Å²) in [5.41, 5.74) is 2.52. The van der Waals surface area contributed by atoms with E-state index >= 15 is 0 Å². The number of nitrogens with zero attached hydrogens (tertiary/aromatic N) is 1. The van der Waals surface area contributed by atoms with Crippen molar-refractivity contribution in [2.75, 3.05) is 16.8 Å². The van der Waals surface area contributed by atoms with E-state index in [9.17, 15) is 9.59 Å². The van der Waals surface area contributed by atoms with Crippen molar-refractivity contribution in [2.45, 2.75) is 26.7 Å². The summed E-state index contributed by atoms with van der Waals surface area (Å²) in [5, 5.41) is 3.27. The highest BCUT2D eigenvalue weighted by atomic mass is 35.5. The maximum absolute atomic E-state index is 12.2. The van der Waals surface area contributed by atoms with Gasteiger partial charge in [0, 0.05) is 25.6 Å². The van der Waals surface area contributed by atoms with Crippen molar-refractivity contribution in [3.05, 3.63) is 59.1 Å². The van der Waals surface area contributed by atoms with Crippen LogP contribution in [0.25, 0.3) is 0 Å². The lowest BCUT2D eigenvalue weighted by atomic mass is 10.1. The Morgan fingerprint density at radius 1 is 1.08 bits per heavy atom. The molecule has 0 aromatic heterocycles. The molecule has 2 aromatic carbocycles. The molecular formula is C19H21ClN2O2. The molecule has 24 heavy (non-hydrogen) atoms.